The van der Waals surface area contributed by atoms with Crippen LogP contribution in [0.3, 0.4) is 0 Å². The first-order chi connectivity index (χ1) is 10.5. The zero-order valence-electron chi connectivity index (χ0n) is 12.6. The lowest BCUT2D eigenvalue weighted by Gasteiger charge is -2.25. The molecule has 10 heteroatoms. The first-order valence-electron chi connectivity index (χ1n) is 6.91. The molecule has 1 saturated heterocycles. The Kier molecular flexibility index (Phi) is 4.96. The first kappa shape index (κ1) is 16.2. The van der Waals surface area contributed by atoms with Crippen molar-refractivity contribution in [1.82, 2.24) is 10.2 Å². The highest BCUT2D eigenvalue weighted by Gasteiger charge is 2.37. The smallest absolute Gasteiger partial charge is 0.315 e. The molecule has 120 valence electrons. The molecule has 0 aromatic carbocycles. The maximum Gasteiger partial charge on any atom is 0.315 e. The molecule has 1 N–H and O–H groups in total. The molecule has 22 heavy (non-hydrogen) atoms. The van der Waals surface area contributed by atoms with Gasteiger partial charge in [-0.25, -0.2) is 0 Å². The van der Waals surface area contributed by atoms with Crippen LogP contribution >= 0.6 is 0 Å². The van der Waals surface area contributed by atoms with E-state index in [1.807, 2.05) is 0 Å². The van der Waals surface area contributed by atoms with E-state index in [1.165, 1.54) is 7.11 Å². The van der Waals surface area contributed by atoms with E-state index < -0.39 is 17.1 Å². The number of rotatable bonds is 4. The van der Waals surface area contributed by atoms with E-state index in [-0.39, 0.29) is 23.5 Å². The van der Waals surface area contributed by atoms with E-state index in [4.69, 9.17) is 15.0 Å². The number of H-pyrrole nitrogens is 1. The van der Waals surface area contributed by atoms with Gasteiger partial charge in [0.25, 0.3) is 0 Å². The number of nitrogens with one attached hydrogen (secondary N) is 1. The number of hydrogen-bond donors (Lipinski definition) is 1. The van der Waals surface area contributed by atoms with Crippen molar-refractivity contribution in [2.45, 2.75) is 51.0 Å². The highest BCUT2D eigenvalue weighted by Crippen LogP contribution is 2.36. The average Bonchev–Trinajstić information content (AvgIpc) is 2.77. The molecule has 1 fully saturated rings. The summed E-state index contributed by atoms with van der Waals surface area (Å²) in [6, 6.07) is -0.380. The van der Waals surface area contributed by atoms with Crippen LogP contribution in [0.5, 0.6) is 0 Å². The SMILES string of the molecule is CO[C@@H]1[C@H](C)O[C@H](c2n[nH]c(C)c2[N+](=O)[O-])CC[C@H]1N=[N+]=[N-]. The van der Waals surface area contributed by atoms with Gasteiger partial charge in [0.15, 0.2) is 5.69 Å². The van der Waals surface area contributed by atoms with Gasteiger partial charge in [-0.2, -0.15) is 5.10 Å². The van der Waals surface area contributed by atoms with Crippen molar-refractivity contribution >= 4 is 5.69 Å². The van der Waals surface area contributed by atoms with Gasteiger partial charge in [-0.15, -0.1) is 0 Å². The van der Waals surface area contributed by atoms with Gasteiger partial charge >= 0.3 is 5.69 Å². The van der Waals surface area contributed by atoms with Gasteiger partial charge in [-0.05, 0) is 32.2 Å². The summed E-state index contributed by atoms with van der Waals surface area (Å²) < 4.78 is 11.3. The molecule has 0 saturated carbocycles. The lowest BCUT2D eigenvalue weighted by molar-refractivity contribution is -0.386. The van der Waals surface area contributed by atoms with E-state index in [0.717, 1.165) is 0 Å². The standard InChI is InChI=1S/C12H18N6O4/c1-6-11(18(19)20)10(16-14-6)9-5-4-8(15-17-13)12(21-3)7(2)22-9/h7-9,12H,4-5H2,1-3H3,(H,14,16)/t7-,8+,9-,12+/m0/s1. The van der Waals surface area contributed by atoms with Gasteiger partial charge in [-0.1, -0.05) is 5.11 Å². The highest BCUT2D eigenvalue weighted by molar-refractivity contribution is 5.41. The van der Waals surface area contributed by atoms with Gasteiger partial charge in [0.2, 0.25) is 0 Å². The molecule has 2 heterocycles. The third-order valence-corrected chi connectivity index (χ3v) is 3.85. The molecule has 0 bridgehead atoms. The van der Waals surface area contributed by atoms with Crippen LogP contribution < -0.4 is 0 Å². The molecule has 4 atom stereocenters. The number of nitrogens with zero attached hydrogens (tertiary/aromatic N) is 5. The third-order valence-electron chi connectivity index (χ3n) is 3.85. The zero-order chi connectivity index (χ0) is 16.3. The second-order valence-corrected chi connectivity index (χ2v) is 5.22. The minimum Gasteiger partial charge on any atom is -0.378 e. The summed E-state index contributed by atoms with van der Waals surface area (Å²) in [7, 11) is 1.52. The monoisotopic (exact) mass is 310 g/mol. The molecule has 0 aliphatic carbocycles. The number of azide groups is 1. The molecule has 1 aliphatic rings. The number of aryl methyl sites for hydroxylation is 1. The van der Waals surface area contributed by atoms with Crippen molar-refractivity contribution in [3.8, 4) is 0 Å². The Hall–Kier alpha value is -2.16. The number of hydrogen-bond acceptors (Lipinski definition) is 6. The second kappa shape index (κ2) is 6.73. The van der Waals surface area contributed by atoms with Gasteiger partial charge in [0, 0.05) is 12.0 Å². The Labute approximate surface area is 126 Å². The van der Waals surface area contributed by atoms with Crippen molar-refractivity contribution in [3.63, 3.8) is 0 Å². The summed E-state index contributed by atoms with van der Waals surface area (Å²) >= 11 is 0. The van der Waals surface area contributed by atoms with Crippen molar-refractivity contribution in [3.05, 3.63) is 31.9 Å². The highest BCUT2D eigenvalue weighted by atomic mass is 16.6. The van der Waals surface area contributed by atoms with Crippen LogP contribution in [0.4, 0.5) is 5.69 Å². The molecule has 0 unspecified atom stereocenters. The third kappa shape index (κ3) is 3.03. The molecular formula is C12H18N6O4. The van der Waals surface area contributed by atoms with Crippen LogP contribution in [0.2, 0.25) is 0 Å². The fourth-order valence-corrected chi connectivity index (χ4v) is 2.84. The minimum atomic E-state index is -0.545. The second-order valence-electron chi connectivity index (χ2n) is 5.22. The van der Waals surface area contributed by atoms with E-state index in [2.05, 4.69) is 20.2 Å². The largest absolute Gasteiger partial charge is 0.378 e. The molecule has 1 aromatic heterocycles. The first-order valence-corrected chi connectivity index (χ1v) is 6.91. The average molecular weight is 310 g/mol. The normalized spacial score (nSPS) is 28.7. The maximum absolute atomic E-state index is 11.2. The number of aromatic nitrogens is 2. The lowest BCUT2D eigenvalue weighted by atomic mass is 10.0. The lowest BCUT2D eigenvalue weighted by Crippen LogP contribution is -2.35. The molecule has 1 aromatic rings. The zero-order valence-corrected chi connectivity index (χ0v) is 12.6. The van der Waals surface area contributed by atoms with Crippen molar-refractivity contribution < 1.29 is 14.4 Å². The van der Waals surface area contributed by atoms with E-state index in [1.54, 1.807) is 13.8 Å². The Morgan fingerprint density at radius 3 is 2.91 bits per heavy atom. The summed E-state index contributed by atoms with van der Waals surface area (Å²) in [5.74, 6) is 0. The number of nitro groups is 1. The summed E-state index contributed by atoms with van der Waals surface area (Å²) in [4.78, 5) is 13.6. The Morgan fingerprint density at radius 2 is 2.32 bits per heavy atom. The summed E-state index contributed by atoms with van der Waals surface area (Å²) in [6.45, 7) is 3.38. The summed E-state index contributed by atoms with van der Waals surface area (Å²) in [5.41, 5.74) is 9.26. The number of aromatic amines is 1. The predicted molar refractivity (Wildman–Crippen MR) is 76.2 cm³/mol. The molecule has 2 rings (SSSR count). The predicted octanol–water partition coefficient (Wildman–Crippen LogP) is 2.56. The maximum atomic E-state index is 11.2. The molecule has 0 radical (unpaired) electrons. The molecule has 10 nitrogen and oxygen atoms in total. The Bertz CT molecular complexity index is 596. The molecule has 1 aliphatic heterocycles. The van der Waals surface area contributed by atoms with Crippen LogP contribution in [0, 0.1) is 17.0 Å². The topological polar surface area (TPSA) is 139 Å². The van der Waals surface area contributed by atoms with Gasteiger partial charge in [-0.3, -0.25) is 15.2 Å². The van der Waals surface area contributed by atoms with Crippen molar-refractivity contribution in [2.24, 2.45) is 5.11 Å². The summed E-state index contributed by atoms with van der Waals surface area (Å²) in [6.07, 6.45) is -0.374. The fourth-order valence-electron chi connectivity index (χ4n) is 2.84. The minimum absolute atomic E-state index is 0.0617. The van der Waals surface area contributed by atoms with Gasteiger partial charge in [0.05, 0.1) is 23.2 Å². The van der Waals surface area contributed by atoms with E-state index >= 15 is 0 Å². The Balaban J connectivity index is 2.31. The fraction of sp³-hybridized carbons (Fsp3) is 0.750. The van der Waals surface area contributed by atoms with Crippen LogP contribution in [-0.4, -0.2) is 40.5 Å². The summed E-state index contributed by atoms with van der Waals surface area (Å²) in [5, 5.41) is 21.6. The van der Waals surface area contributed by atoms with Crippen LogP contribution in [0.25, 0.3) is 10.4 Å². The Morgan fingerprint density at radius 1 is 1.59 bits per heavy atom. The van der Waals surface area contributed by atoms with Gasteiger partial charge in [0.1, 0.15) is 11.8 Å². The molecular weight excluding hydrogens is 292 g/mol. The van der Waals surface area contributed by atoms with Gasteiger partial charge < -0.3 is 9.47 Å². The van der Waals surface area contributed by atoms with Crippen molar-refractivity contribution in [1.29, 1.82) is 0 Å². The molecule has 0 spiro atoms. The number of ether oxygens (including phenoxy) is 2. The van der Waals surface area contributed by atoms with Crippen molar-refractivity contribution in [2.75, 3.05) is 7.11 Å². The van der Waals surface area contributed by atoms with Crippen LogP contribution in [0.1, 0.15) is 37.3 Å². The molecule has 0 amide bonds. The van der Waals surface area contributed by atoms with E-state index in [0.29, 0.717) is 18.5 Å². The quantitative estimate of drug-likeness (QED) is 0.299. The van der Waals surface area contributed by atoms with Crippen LogP contribution in [-0.2, 0) is 9.47 Å². The van der Waals surface area contributed by atoms with Crippen LogP contribution in [0.15, 0.2) is 5.11 Å². The van der Waals surface area contributed by atoms with E-state index in [9.17, 15) is 10.1 Å². The number of methoxy groups -OCH3 is 1.